The van der Waals surface area contributed by atoms with Crippen LogP contribution in [0, 0.1) is 12.8 Å². The van der Waals surface area contributed by atoms with Gasteiger partial charge in [0, 0.05) is 6.04 Å². The number of hydrogen-bond acceptors (Lipinski definition) is 1. The SMILES string of the molecule is Cc1ccc(C(N)CC(C)C)cc1.Cl. The summed E-state index contributed by atoms with van der Waals surface area (Å²) < 4.78 is 0. The zero-order chi connectivity index (χ0) is 9.84. The third-order valence-corrected chi connectivity index (χ3v) is 2.23. The molecule has 1 nitrogen and oxygen atoms in total. The Morgan fingerprint density at radius 3 is 2.07 bits per heavy atom. The van der Waals surface area contributed by atoms with Gasteiger partial charge in [0.15, 0.2) is 0 Å². The summed E-state index contributed by atoms with van der Waals surface area (Å²) in [4.78, 5) is 0. The van der Waals surface area contributed by atoms with E-state index in [1.54, 1.807) is 0 Å². The Morgan fingerprint density at radius 2 is 1.64 bits per heavy atom. The second-order valence-corrected chi connectivity index (χ2v) is 4.15. The molecular formula is C12H20ClN. The molecule has 0 bridgehead atoms. The summed E-state index contributed by atoms with van der Waals surface area (Å²) in [5.74, 6) is 0.663. The summed E-state index contributed by atoms with van der Waals surface area (Å²) in [6.45, 7) is 6.50. The van der Waals surface area contributed by atoms with Crippen molar-refractivity contribution < 1.29 is 0 Å². The molecule has 2 heteroatoms. The standard InChI is InChI=1S/C12H19N.ClH/c1-9(2)8-12(13)11-6-4-10(3)5-7-11;/h4-7,9,12H,8,13H2,1-3H3;1H. The molecule has 14 heavy (non-hydrogen) atoms. The molecular weight excluding hydrogens is 194 g/mol. The Morgan fingerprint density at radius 1 is 1.14 bits per heavy atom. The number of aryl methyl sites for hydroxylation is 1. The molecule has 1 aromatic carbocycles. The van der Waals surface area contributed by atoms with Crippen molar-refractivity contribution in [1.29, 1.82) is 0 Å². The first kappa shape index (κ1) is 13.5. The van der Waals surface area contributed by atoms with Crippen molar-refractivity contribution in [3.05, 3.63) is 35.4 Å². The van der Waals surface area contributed by atoms with Crippen LogP contribution in [0.5, 0.6) is 0 Å². The first-order chi connectivity index (χ1) is 6.09. The Balaban J connectivity index is 0.00000169. The monoisotopic (exact) mass is 213 g/mol. The van der Waals surface area contributed by atoms with Gasteiger partial charge in [0.25, 0.3) is 0 Å². The highest BCUT2D eigenvalue weighted by Gasteiger charge is 2.07. The number of rotatable bonds is 3. The van der Waals surface area contributed by atoms with E-state index in [0.29, 0.717) is 5.92 Å². The van der Waals surface area contributed by atoms with Crippen molar-refractivity contribution in [2.45, 2.75) is 33.2 Å². The number of hydrogen-bond donors (Lipinski definition) is 1. The lowest BCUT2D eigenvalue weighted by Crippen LogP contribution is -2.12. The number of nitrogens with two attached hydrogens (primary N) is 1. The summed E-state index contributed by atoms with van der Waals surface area (Å²) in [5, 5.41) is 0. The van der Waals surface area contributed by atoms with Gasteiger partial charge in [-0.2, -0.15) is 0 Å². The maximum atomic E-state index is 6.05. The fourth-order valence-corrected chi connectivity index (χ4v) is 1.46. The van der Waals surface area contributed by atoms with Crippen molar-refractivity contribution in [2.24, 2.45) is 11.7 Å². The third-order valence-electron chi connectivity index (χ3n) is 2.23. The van der Waals surface area contributed by atoms with Crippen LogP contribution in [0.15, 0.2) is 24.3 Å². The fourth-order valence-electron chi connectivity index (χ4n) is 1.46. The van der Waals surface area contributed by atoms with Crippen LogP contribution in [0.4, 0.5) is 0 Å². The predicted octanol–water partition coefficient (Wildman–Crippen LogP) is 3.46. The second kappa shape index (κ2) is 6.05. The van der Waals surface area contributed by atoms with Gasteiger partial charge >= 0.3 is 0 Å². The quantitative estimate of drug-likeness (QED) is 0.818. The van der Waals surface area contributed by atoms with Gasteiger partial charge in [0.05, 0.1) is 0 Å². The summed E-state index contributed by atoms with van der Waals surface area (Å²) in [5.41, 5.74) is 8.59. The Kier molecular flexibility index (Phi) is 5.82. The van der Waals surface area contributed by atoms with Crippen molar-refractivity contribution >= 4 is 12.4 Å². The zero-order valence-corrected chi connectivity index (χ0v) is 9.97. The van der Waals surface area contributed by atoms with Gasteiger partial charge in [-0.25, -0.2) is 0 Å². The normalized spacial score (nSPS) is 12.4. The van der Waals surface area contributed by atoms with Crippen molar-refractivity contribution in [2.75, 3.05) is 0 Å². The van der Waals surface area contributed by atoms with Crippen molar-refractivity contribution in [1.82, 2.24) is 0 Å². The highest BCUT2D eigenvalue weighted by molar-refractivity contribution is 5.85. The fraction of sp³-hybridized carbons (Fsp3) is 0.500. The van der Waals surface area contributed by atoms with E-state index in [1.807, 2.05) is 0 Å². The lowest BCUT2D eigenvalue weighted by atomic mass is 9.97. The van der Waals surface area contributed by atoms with Crippen molar-refractivity contribution in [3.63, 3.8) is 0 Å². The lowest BCUT2D eigenvalue weighted by molar-refractivity contribution is 0.510. The van der Waals surface area contributed by atoms with Crippen LogP contribution >= 0.6 is 12.4 Å². The molecule has 1 aromatic rings. The van der Waals surface area contributed by atoms with Crippen LogP contribution in [0.2, 0.25) is 0 Å². The molecule has 1 rings (SSSR count). The number of benzene rings is 1. The first-order valence-corrected chi connectivity index (χ1v) is 4.91. The van der Waals surface area contributed by atoms with Crippen LogP contribution in [0.25, 0.3) is 0 Å². The molecule has 1 unspecified atom stereocenters. The summed E-state index contributed by atoms with van der Waals surface area (Å²) in [7, 11) is 0. The molecule has 2 N–H and O–H groups in total. The molecule has 0 aliphatic rings. The van der Waals surface area contributed by atoms with Gasteiger partial charge in [0.2, 0.25) is 0 Å². The third kappa shape index (κ3) is 4.12. The van der Waals surface area contributed by atoms with Gasteiger partial charge in [-0.3, -0.25) is 0 Å². The van der Waals surface area contributed by atoms with Gasteiger partial charge in [0.1, 0.15) is 0 Å². The molecule has 0 aliphatic carbocycles. The Hall–Kier alpha value is -0.530. The minimum atomic E-state index is 0. The molecule has 0 saturated carbocycles. The number of halogens is 1. The van der Waals surface area contributed by atoms with E-state index >= 15 is 0 Å². The van der Waals surface area contributed by atoms with E-state index in [-0.39, 0.29) is 18.4 Å². The van der Waals surface area contributed by atoms with Crippen LogP contribution in [-0.4, -0.2) is 0 Å². The minimum Gasteiger partial charge on any atom is -0.324 e. The zero-order valence-electron chi connectivity index (χ0n) is 9.16. The summed E-state index contributed by atoms with van der Waals surface area (Å²) >= 11 is 0. The molecule has 0 aromatic heterocycles. The largest absolute Gasteiger partial charge is 0.324 e. The van der Waals surface area contributed by atoms with Crippen LogP contribution in [-0.2, 0) is 0 Å². The Bertz CT molecular complexity index is 254. The first-order valence-electron chi connectivity index (χ1n) is 4.91. The van der Waals surface area contributed by atoms with E-state index in [0.717, 1.165) is 6.42 Å². The van der Waals surface area contributed by atoms with E-state index in [4.69, 9.17) is 5.73 Å². The topological polar surface area (TPSA) is 26.0 Å². The van der Waals surface area contributed by atoms with E-state index < -0.39 is 0 Å². The molecule has 80 valence electrons. The van der Waals surface area contributed by atoms with E-state index in [2.05, 4.69) is 45.0 Å². The highest BCUT2D eigenvalue weighted by atomic mass is 35.5. The predicted molar refractivity (Wildman–Crippen MR) is 64.8 cm³/mol. The molecule has 0 aliphatic heterocycles. The summed E-state index contributed by atoms with van der Waals surface area (Å²) in [6.07, 6.45) is 1.06. The Labute approximate surface area is 93.1 Å². The van der Waals surface area contributed by atoms with Crippen LogP contribution in [0.1, 0.15) is 37.4 Å². The average molecular weight is 214 g/mol. The van der Waals surface area contributed by atoms with Crippen molar-refractivity contribution in [3.8, 4) is 0 Å². The molecule has 0 amide bonds. The highest BCUT2D eigenvalue weighted by Crippen LogP contribution is 2.18. The molecule has 1 atom stereocenters. The van der Waals surface area contributed by atoms with Crippen LogP contribution in [0.3, 0.4) is 0 Å². The summed E-state index contributed by atoms with van der Waals surface area (Å²) in [6, 6.07) is 8.69. The average Bonchev–Trinajstić information content (AvgIpc) is 2.04. The lowest BCUT2D eigenvalue weighted by Gasteiger charge is -2.14. The van der Waals surface area contributed by atoms with E-state index in [9.17, 15) is 0 Å². The maximum absolute atomic E-state index is 6.05. The molecule has 0 radical (unpaired) electrons. The second-order valence-electron chi connectivity index (χ2n) is 4.15. The molecule has 0 heterocycles. The van der Waals surface area contributed by atoms with Gasteiger partial charge < -0.3 is 5.73 Å². The minimum absolute atomic E-state index is 0. The smallest absolute Gasteiger partial charge is 0.0297 e. The molecule has 0 saturated heterocycles. The van der Waals surface area contributed by atoms with Gasteiger partial charge in [-0.1, -0.05) is 43.7 Å². The molecule has 0 spiro atoms. The molecule has 0 fully saturated rings. The van der Waals surface area contributed by atoms with Crippen LogP contribution < -0.4 is 5.73 Å². The van der Waals surface area contributed by atoms with Gasteiger partial charge in [-0.15, -0.1) is 12.4 Å². The van der Waals surface area contributed by atoms with E-state index in [1.165, 1.54) is 11.1 Å². The maximum Gasteiger partial charge on any atom is 0.0297 e. The van der Waals surface area contributed by atoms with Gasteiger partial charge in [-0.05, 0) is 24.8 Å².